The van der Waals surface area contributed by atoms with Crippen molar-refractivity contribution in [3.8, 4) is 5.75 Å². The summed E-state index contributed by atoms with van der Waals surface area (Å²) in [5.74, 6) is 0.768. The van der Waals surface area contributed by atoms with Crippen molar-refractivity contribution in [2.75, 3.05) is 13.2 Å². The number of aliphatic hydroxyl groups excluding tert-OH is 1. The first-order valence-electron chi connectivity index (χ1n) is 5.12. The number of fused-ring (bicyclic) bond motifs is 1. The number of carbonyl (C=O) groups excluding carboxylic acids is 1. The minimum absolute atomic E-state index is 0.0209. The second kappa shape index (κ2) is 4.03. The quantitative estimate of drug-likeness (QED) is 0.758. The van der Waals surface area contributed by atoms with Crippen LogP contribution in [-0.4, -0.2) is 24.6 Å². The Morgan fingerprint density at radius 2 is 2.27 bits per heavy atom. The van der Waals surface area contributed by atoms with E-state index in [-0.39, 0.29) is 6.61 Å². The fourth-order valence-electron chi connectivity index (χ4n) is 2.12. The molecule has 1 aliphatic heterocycles. The minimum Gasteiger partial charge on any atom is -0.493 e. The largest absolute Gasteiger partial charge is 0.493 e. The molecule has 0 radical (unpaired) electrons. The van der Waals surface area contributed by atoms with Gasteiger partial charge in [0.1, 0.15) is 12.0 Å². The molecular weight excluding hydrogens is 192 g/mol. The van der Waals surface area contributed by atoms with Crippen molar-refractivity contribution in [1.29, 1.82) is 0 Å². The van der Waals surface area contributed by atoms with E-state index in [4.69, 9.17) is 9.84 Å². The number of para-hydroxylation sites is 1. The summed E-state index contributed by atoms with van der Waals surface area (Å²) in [5, 5.41) is 9.04. The first kappa shape index (κ1) is 10.2. The molecule has 1 aliphatic rings. The fourth-order valence-corrected chi connectivity index (χ4v) is 2.12. The predicted molar refractivity (Wildman–Crippen MR) is 56.0 cm³/mol. The summed E-state index contributed by atoms with van der Waals surface area (Å²) in [7, 11) is 0. The first-order valence-corrected chi connectivity index (χ1v) is 5.12. The number of hydrogen-bond donors (Lipinski definition) is 1. The molecule has 80 valence electrons. The lowest BCUT2D eigenvalue weighted by molar-refractivity contribution is -0.114. The molecule has 1 heterocycles. The summed E-state index contributed by atoms with van der Waals surface area (Å²) in [4.78, 5) is 11.3. The summed E-state index contributed by atoms with van der Waals surface area (Å²) < 4.78 is 5.49. The number of hydrogen-bond acceptors (Lipinski definition) is 3. The van der Waals surface area contributed by atoms with Gasteiger partial charge in [0.05, 0.1) is 12.0 Å². The molecule has 1 aromatic carbocycles. The van der Waals surface area contributed by atoms with Crippen molar-refractivity contribution < 1.29 is 14.6 Å². The van der Waals surface area contributed by atoms with Crippen LogP contribution < -0.4 is 4.74 Å². The summed E-state index contributed by atoms with van der Waals surface area (Å²) >= 11 is 0. The summed E-state index contributed by atoms with van der Waals surface area (Å²) in [6.07, 6.45) is 2.06. The van der Waals surface area contributed by atoms with Crippen LogP contribution in [0.1, 0.15) is 18.4 Å². The number of aliphatic hydroxyl groups is 1. The molecule has 1 atom stereocenters. The number of rotatable bonds is 3. The molecule has 0 amide bonds. The van der Waals surface area contributed by atoms with E-state index >= 15 is 0 Å². The molecule has 0 aliphatic carbocycles. The van der Waals surface area contributed by atoms with E-state index in [0.717, 1.165) is 17.6 Å². The third kappa shape index (κ3) is 1.63. The molecule has 0 bridgehead atoms. The summed E-state index contributed by atoms with van der Waals surface area (Å²) in [6.45, 7) is 0.558. The first-order chi connectivity index (χ1) is 7.32. The fraction of sp³-hybridized carbons (Fsp3) is 0.417. The third-order valence-corrected chi connectivity index (χ3v) is 3.01. The number of aldehydes is 1. The molecule has 1 unspecified atom stereocenters. The van der Waals surface area contributed by atoms with Gasteiger partial charge in [-0.2, -0.15) is 0 Å². The van der Waals surface area contributed by atoms with Gasteiger partial charge in [-0.25, -0.2) is 0 Å². The Labute approximate surface area is 88.7 Å². The van der Waals surface area contributed by atoms with Crippen LogP contribution in [0.15, 0.2) is 24.3 Å². The minimum atomic E-state index is -0.552. The standard InChI is InChI=1S/C12H14O3/c13-7-5-12(9-14)6-8-15-11-4-2-1-3-10(11)12/h1-4,9,13H,5-8H2. The lowest BCUT2D eigenvalue weighted by Crippen LogP contribution is -2.35. The Morgan fingerprint density at radius 1 is 1.47 bits per heavy atom. The Bertz CT molecular complexity index is 362. The van der Waals surface area contributed by atoms with Crippen LogP contribution in [-0.2, 0) is 10.2 Å². The predicted octanol–water partition coefficient (Wildman–Crippen LogP) is 1.29. The van der Waals surface area contributed by atoms with E-state index in [2.05, 4.69) is 0 Å². The van der Waals surface area contributed by atoms with Crippen molar-refractivity contribution in [2.45, 2.75) is 18.3 Å². The van der Waals surface area contributed by atoms with Crippen LogP contribution in [0.2, 0.25) is 0 Å². The second-order valence-electron chi connectivity index (χ2n) is 3.84. The maximum atomic E-state index is 11.3. The van der Waals surface area contributed by atoms with Gasteiger partial charge in [-0.05, 0) is 18.9 Å². The van der Waals surface area contributed by atoms with E-state index in [1.807, 2.05) is 24.3 Å². The van der Waals surface area contributed by atoms with Crippen LogP contribution in [0, 0.1) is 0 Å². The van der Waals surface area contributed by atoms with Gasteiger partial charge < -0.3 is 14.6 Å². The Kier molecular flexibility index (Phi) is 2.73. The Balaban J connectivity index is 2.46. The zero-order valence-corrected chi connectivity index (χ0v) is 8.48. The molecule has 15 heavy (non-hydrogen) atoms. The van der Waals surface area contributed by atoms with Gasteiger partial charge in [-0.15, -0.1) is 0 Å². The lowest BCUT2D eigenvalue weighted by atomic mass is 9.75. The van der Waals surface area contributed by atoms with Crippen molar-refractivity contribution in [3.63, 3.8) is 0 Å². The van der Waals surface area contributed by atoms with Crippen LogP contribution in [0.5, 0.6) is 5.75 Å². The highest BCUT2D eigenvalue weighted by atomic mass is 16.5. The van der Waals surface area contributed by atoms with E-state index in [0.29, 0.717) is 19.4 Å². The highest BCUT2D eigenvalue weighted by Gasteiger charge is 2.36. The van der Waals surface area contributed by atoms with Crippen LogP contribution in [0.3, 0.4) is 0 Å². The van der Waals surface area contributed by atoms with E-state index < -0.39 is 5.41 Å². The molecule has 2 rings (SSSR count). The summed E-state index contributed by atoms with van der Waals surface area (Å²) in [5.41, 5.74) is 0.351. The van der Waals surface area contributed by atoms with Crippen molar-refractivity contribution in [3.05, 3.63) is 29.8 Å². The number of benzene rings is 1. The van der Waals surface area contributed by atoms with Gasteiger partial charge in [-0.1, -0.05) is 18.2 Å². The monoisotopic (exact) mass is 206 g/mol. The molecule has 3 nitrogen and oxygen atoms in total. The molecule has 0 aromatic heterocycles. The third-order valence-electron chi connectivity index (χ3n) is 3.01. The van der Waals surface area contributed by atoms with Gasteiger partial charge in [-0.3, -0.25) is 0 Å². The van der Waals surface area contributed by atoms with E-state index in [1.54, 1.807) is 0 Å². The zero-order chi connectivity index (χ0) is 10.7. The van der Waals surface area contributed by atoms with Gasteiger partial charge in [0.25, 0.3) is 0 Å². The van der Waals surface area contributed by atoms with Crippen molar-refractivity contribution in [2.24, 2.45) is 0 Å². The highest BCUT2D eigenvalue weighted by molar-refractivity contribution is 5.71. The molecular formula is C12H14O3. The highest BCUT2D eigenvalue weighted by Crippen LogP contribution is 2.39. The second-order valence-corrected chi connectivity index (χ2v) is 3.84. The van der Waals surface area contributed by atoms with Crippen molar-refractivity contribution in [1.82, 2.24) is 0 Å². The van der Waals surface area contributed by atoms with Gasteiger partial charge in [0.2, 0.25) is 0 Å². The maximum Gasteiger partial charge on any atom is 0.130 e. The van der Waals surface area contributed by atoms with Crippen molar-refractivity contribution >= 4 is 6.29 Å². The van der Waals surface area contributed by atoms with Crippen LogP contribution in [0.4, 0.5) is 0 Å². The maximum absolute atomic E-state index is 11.3. The van der Waals surface area contributed by atoms with Gasteiger partial charge in [0.15, 0.2) is 0 Å². The van der Waals surface area contributed by atoms with Crippen LogP contribution in [0.25, 0.3) is 0 Å². The molecule has 0 spiro atoms. The normalized spacial score (nSPS) is 24.1. The smallest absolute Gasteiger partial charge is 0.130 e. The van der Waals surface area contributed by atoms with E-state index in [1.165, 1.54) is 0 Å². The molecule has 3 heteroatoms. The number of ether oxygens (including phenoxy) is 1. The zero-order valence-electron chi connectivity index (χ0n) is 8.48. The average molecular weight is 206 g/mol. The van der Waals surface area contributed by atoms with Gasteiger partial charge in [0, 0.05) is 12.2 Å². The Morgan fingerprint density at radius 3 is 3.00 bits per heavy atom. The molecule has 0 saturated carbocycles. The average Bonchev–Trinajstić information content (AvgIpc) is 2.30. The molecule has 0 fully saturated rings. The van der Waals surface area contributed by atoms with E-state index in [9.17, 15) is 4.79 Å². The topological polar surface area (TPSA) is 46.5 Å². The van der Waals surface area contributed by atoms with Gasteiger partial charge >= 0.3 is 0 Å². The molecule has 1 N–H and O–H groups in total. The SMILES string of the molecule is O=CC1(CCO)CCOc2ccccc21. The van der Waals surface area contributed by atoms with Crippen LogP contribution >= 0.6 is 0 Å². The number of carbonyl (C=O) groups is 1. The molecule has 0 saturated heterocycles. The summed E-state index contributed by atoms with van der Waals surface area (Å²) in [6, 6.07) is 7.55. The Hall–Kier alpha value is -1.35. The molecule has 1 aromatic rings. The lowest BCUT2D eigenvalue weighted by Gasteiger charge is -2.33.